The van der Waals surface area contributed by atoms with E-state index in [1.54, 1.807) is 12.4 Å². The lowest BCUT2D eigenvalue weighted by molar-refractivity contribution is -0.134. The lowest BCUT2D eigenvalue weighted by Crippen LogP contribution is -2.36. The second-order valence-corrected chi connectivity index (χ2v) is 6.62. The molecule has 0 bridgehead atoms. The summed E-state index contributed by atoms with van der Waals surface area (Å²) in [4.78, 5) is 21.8. The summed E-state index contributed by atoms with van der Waals surface area (Å²) in [5.41, 5.74) is 2.22. The molecule has 1 aromatic carbocycles. The summed E-state index contributed by atoms with van der Waals surface area (Å²) in [6.07, 6.45) is 5.02. The predicted molar refractivity (Wildman–Crippen MR) is 103 cm³/mol. The highest BCUT2D eigenvalue weighted by atomic mass is 35.5. The lowest BCUT2D eigenvalue weighted by atomic mass is 9.89. The Hall–Kier alpha value is -1.72. The highest BCUT2D eigenvalue weighted by molar-refractivity contribution is 6.30. The van der Waals surface area contributed by atoms with Gasteiger partial charge in [-0.05, 0) is 37.5 Å². The number of hydrogen-bond acceptors (Lipinski definition) is 3. The number of H-pyrrole nitrogens is 1. The number of nitrogens with zero attached hydrogens (tertiary/aromatic N) is 2. The van der Waals surface area contributed by atoms with Crippen LogP contribution in [0.1, 0.15) is 25.7 Å². The van der Waals surface area contributed by atoms with Crippen LogP contribution in [0.2, 0.25) is 5.02 Å². The molecular formula is C18H25Cl2N3O2. The van der Waals surface area contributed by atoms with Gasteiger partial charge in [-0.1, -0.05) is 17.7 Å². The largest absolute Gasteiger partial charge is 0.493 e. The summed E-state index contributed by atoms with van der Waals surface area (Å²) in [7, 11) is 1.87. The molecule has 3 rings (SSSR count). The van der Waals surface area contributed by atoms with Crippen LogP contribution in [-0.2, 0) is 17.6 Å². The molecule has 1 aliphatic rings. The van der Waals surface area contributed by atoms with E-state index in [0.717, 1.165) is 42.8 Å². The Morgan fingerprint density at radius 1 is 1.52 bits per heavy atom. The fourth-order valence-electron chi connectivity index (χ4n) is 3.08. The molecule has 0 saturated heterocycles. The standard InChI is InChI=1S/C18H22ClN3O2.ClH.H2/c1-22(8-3-9-24-15-5-2-4-14(19)11-15)18(23)13-6-7-16-17(10-13)21-12-20-16;;/h2,4-5,11-13H,3,6-10H2,1H3,(H,20,21);2*1H. The number of carbonyl (C=O) groups excluding carboxylic acids is 1. The normalized spacial score (nSPS) is 15.8. The average Bonchev–Trinajstić information content (AvgIpc) is 3.05. The molecular weight excluding hydrogens is 361 g/mol. The molecule has 2 aromatic rings. The van der Waals surface area contributed by atoms with E-state index in [1.807, 2.05) is 30.1 Å². The Morgan fingerprint density at radius 2 is 2.36 bits per heavy atom. The van der Waals surface area contributed by atoms with Crippen LogP contribution < -0.4 is 4.74 Å². The molecule has 1 atom stereocenters. The Labute approximate surface area is 160 Å². The number of carbonyl (C=O) groups is 1. The minimum Gasteiger partial charge on any atom is -0.493 e. The molecule has 7 heteroatoms. The third-order valence-corrected chi connectivity index (χ3v) is 4.65. The van der Waals surface area contributed by atoms with Gasteiger partial charge < -0.3 is 14.6 Å². The van der Waals surface area contributed by atoms with Gasteiger partial charge in [-0.3, -0.25) is 4.79 Å². The van der Waals surface area contributed by atoms with Gasteiger partial charge in [-0.2, -0.15) is 0 Å². The van der Waals surface area contributed by atoms with Crippen molar-refractivity contribution < 1.29 is 11.0 Å². The van der Waals surface area contributed by atoms with Crippen LogP contribution in [0.25, 0.3) is 0 Å². The van der Waals surface area contributed by atoms with Crippen molar-refractivity contribution in [3.05, 3.63) is 47.0 Å². The number of aryl methyl sites for hydroxylation is 1. The predicted octanol–water partition coefficient (Wildman–Crippen LogP) is 3.76. The lowest BCUT2D eigenvalue weighted by Gasteiger charge is -2.26. The van der Waals surface area contributed by atoms with E-state index < -0.39 is 0 Å². The average molecular weight is 386 g/mol. The molecule has 1 unspecified atom stereocenters. The van der Waals surface area contributed by atoms with E-state index in [4.69, 9.17) is 16.3 Å². The Morgan fingerprint density at radius 3 is 3.16 bits per heavy atom. The number of hydrogen-bond donors (Lipinski definition) is 1. The number of benzene rings is 1. The zero-order valence-electron chi connectivity index (χ0n) is 14.2. The van der Waals surface area contributed by atoms with Gasteiger partial charge in [0.15, 0.2) is 0 Å². The molecule has 1 aromatic heterocycles. The summed E-state index contributed by atoms with van der Waals surface area (Å²) in [6.45, 7) is 1.25. The van der Waals surface area contributed by atoms with Crippen molar-refractivity contribution in [3.63, 3.8) is 0 Å². The number of aromatic amines is 1. The second kappa shape index (κ2) is 9.11. The number of amides is 1. The zero-order valence-corrected chi connectivity index (χ0v) is 15.8. The molecule has 0 saturated carbocycles. The van der Waals surface area contributed by atoms with Crippen LogP contribution in [-0.4, -0.2) is 41.0 Å². The van der Waals surface area contributed by atoms with E-state index in [1.165, 1.54) is 0 Å². The smallest absolute Gasteiger partial charge is 0.225 e. The van der Waals surface area contributed by atoms with Crippen molar-refractivity contribution in [1.29, 1.82) is 0 Å². The number of nitrogens with one attached hydrogen (secondary N) is 1. The Kier molecular flexibility index (Phi) is 7.14. The first-order valence-corrected chi connectivity index (χ1v) is 8.66. The van der Waals surface area contributed by atoms with Gasteiger partial charge in [0, 0.05) is 38.1 Å². The van der Waals surface area contributed by atoms with Crippen molar-refractivity contribution >= 4 is 29.9 Å². The van der Waals surface area contributed by atoms with Crippen LogP contribution in [0, 0.1) is 5.92 Å². The first kappa shape index (κ1) is 19.6. The van der Waals surface area contributed by atoms with E-state index in [9.17, 15) is 4.79 Å². The molecule has 138 valence electrons. The summed E-state index contributed by atoms with van der Waals surface area (Å²) in [5.74, 6) is 1.02. The SMILES string of the molecule is CN(CCCOc1cccc(Cl)c1)C(=O)C1CCc2nc[nH]c2C1.Cl.[HH]. The van der Waals surface area contributed by atoms with Gasteiger partial charge >= 0.3 is 0 Å². The topological polar surface area (TPSA) is 58.2 Å². The van der Waals surface area contributed by atoms with Crippen molar-refractivity contribution in [2.45, 2.75) is 25.7 Å². The molecule has 0 fully saturated rings. The number of halogens is 2. The summed E-state index contributed by atoms with van der Waals surface area (Å²) in [5, 5.41) is 0.662. The zero-order chi connectivity index (χ0) is 16.9. The van der Waals surface area contributed by atoms with Crippen LogP contribution in [0.15, 0.2) is 30.6 Å². The molecule has 5 nitrogen and oxygen atoms in total. The Balaban J connectivity index is 0.00000169. The van der Waals surface area contributed by atoms with Crippen LogP contribution >= 0.6 is 24.0 Å². The maximum absolute atomic E-state index is 12.6. The first-order valence-electron chi connectivity index (χ1n) is 8.28. The molecule has 0 spiro atoms. The van der Waals surface area contributed by atoms with Gasteiger partial charge in [0.05, 0.1) is 18.6 Å². The van der Waals surface area contributed by atoms with E-state index in [-0.39, 0.29) is 25.7 Å². The quantitative estimate of drug-likeness (QED) is 0.769. The van der Waals surface area contributed by atoms with E-state index in [2.05, 4.69) is 9.97 Å². The van der Waals surface area contributed by atoms with Crippen LogP contribution in [0.3, 0.4) is 0 Å². The summed E-state index contributed by atoms with van der Waals surface area (Å²) in [6, 6.07) is 7.35. The number of ether oxygens (including phenoxy) is 1. The maximum atomic E-state index is 12.6. The molecule has 1 N–H and O–H groups in total. The number of imidazole rings is 1. The monoisotopic (exact) mass is 385 g/mol. The van der Waals surface area contributed by atoms with Gasteiger partial charge in [0.2, 0.25) is 5.91 Å². The fraction of sp³-hybridized carbons (Fsp3) is 0.444. The van der Waals surface area contributed by atoms with Crippen molar-refractivity contribution in [1.82, 2.24) is 14.9 Å². The van der Waals surface area contributed by atoms with E-state index in [0.29, 0.717) is 18.2 Å². The van der Waals surface area contributed by atoms with Gasteiger partial charge in [0.1, 0.15) is 5.75 Å². The maximum Gasteiger partial charge on any atom is 0.225 e. The third-order valence-electron chi connectivity index (χ3n) is 4.42. The Bertz CT molecular complexity index is 711. The molecule has 0 radical (unpaired) electrons. The fourth-order valence-corrected chi connectivity index (χ4v) is 3.26. The number of aromatic nitrogens is 2. The minimum absolute atomic E-state index is 0. The van der Waals surface area contributed by atoms with Gasteiger partial charge in [0.25, 0.3) is 0 Å². The number of fused-ring (bicyclic) bond motifs is 1. The van der Waals surface area contributed by atoms with Gasteiger partial charge in [-0.25, -0.2) is 4.98 Å². The third kappa shape index (κ3) is 5.13. The van der Waals surface area contributed by atoms with Crippen LogP contribution in [0.5, 0.6) is 5.75 Å². The molecule has 0 aliphatic heterocycles. The molecule has 1 aliphatic carbocycles. The van der Waals surface area contributed by atoms with Crippen molar-refractivity contribution in [2.24, 2.45) is 5.92 Å². The van der Waals surface area contributed by atoms with Crippen LogP contribution in [0.4, 0.5) is 0 Å². The highest BCUT2D eigenvalue weighted by Crippen LogP contribution is 2.24. The molecule has 1 amide bonds. The first-order chi connectivity index (χ1) is 11.6. The van der Waals surface area contributed by atoms with Crippen molar-refractivity contribution in [2.75, 3.05) is 20.2 Å². The van der Waals surface area contributed by atoms with Gasteiger partial charge in [-0.15, -0.1) is 12.4 Å². The summed E-state index contributed by atoms with van der Waals surface area (Å²) >= 11 is 5.92. The second-order valence-electron chi connectivity index (χ2n) is 6.19. The van der Waals surface area contributed by atoms with Crippen molar-refractivity contribution in [3.8, 4) is 5.75 Å². The molecule has 1 heterocycles. The minimum atomic E-state index is 0. The highest BCUT2D eigenvalue weighted by Gasteiger charge is 2.28. The molecule has 25 heavy (non-hydrogen) atoms. The van der Waals surface area contributed by atoms with E-state index >= 15 is 0 Å². The number of rotatable bonds is 6. The summed E-state index contributed by atoms with van der Waals surface area (Å²) < 4.78 is 5.66.